The molecule has 0 saturated carbocycles. The van der Waals surface area contributed by atoms with E-state index in [9.17, 15) is 19.8 Å². The molecule has 2 unspecified atom stereocenters. The Bertz CT molecular complexity index is 1230. The summed E-state index contributed by atoms with van der Waals surface area (Å²) < 4.78 is 5.50. The summed E-state index contributed by atoms with van der Waals surface area (Å²) in [6.07, 6.45) is 86.8. The summed E-state index contributed by atoms with van der Waals surface area (Å²) in [5.74, 6) is -0.0191. The molecule has 1 amide bonds. The molecule has 0 spiro atoms. The summed E-state index contributed by atoms with van der Waals surface area (Å²) >= 11 is 0. The standard InChI is InChI=1S/C73H141NO5/c1-3-5-7-9-11-13-15-16-17-40-43-47-51-55-59-63-67-73(78)79-68-64-60-56-52-48-44-41-38-36-34-32-30-28-26-24-22-20-18-19-21-23-25-27-29-31-33-35-37-39-42-46-50-54-58-62-66-72(77)74-70(69-75)71(76)65-61-57-53-49-45-14-12-10-8-6-4-2/h13,15,17,40,70-71,75-76H,3-12,14,16,18-39,41-69H2,1-2H3,(H,74,77)/b15-13-,40-17-. The van der Waals surface area contributed by atoms with Gasteiger partial charge in [0.15, 0.2) is 0 Å². The van der Waals surface area contributed by atoms with E-state index >= 15 is 0 Å². The highest BCUT2D eigenvalue weighted by molar-refractivity contribution is 5.76. The number of aliphatic hydroxyl groups is 2. The highest BCUT2D eigenvalue weighted by atomic mass is 16.5. The van der Waals surface area contributed by atoms with Gasteiger partial charge in [-0.25, -0.2) is 0 Å². The number of nitrogens with one attached hydrogen (secondary N) is 1. The topological polar surface area (TPSA) is 95.9 Å². The van der Waals surface area contributed by atoms with Crippen LogP contribution in [-0.2, 0) is 14.3 Å². The zero-order valence-electron chi connectivity index (χ0n) is 53.6. The predicted molar refractivity (Wildman–Crippen MR) is 347 cm³/mol. The van der Waals surface area contributed by atoms with Gasteiger partial charge in [-0.05, 0) is 57.8 Å². The Labute approximate surface area is 494 Å². The molecule has 0 fully saturated rings. The minimum atomic E-state index is -0.658. The third-order valence-electron chi connectivity index (χ3n) is 17.0. The normalized spacial score (nSPS) is 12.6. The van der Waals surface area contributed by atoms with Gasteiger partial charge in [-0.1, -0.05) is 359 Å². The van der Waals surface area contributed by atoms with Crippen molar-refractivity contribution in [3.8, 4) is 0 Å². The number of aliphatic hydroxyl groups excluding tert-OH is 2. The molecule has 0 aromatic heterocycles. The molecule has 6 nitrogen and oxygen atoms in total. The molecule has 0 aliphatic heterocycles. The van der Waals surface area contributed by atoms with Crippen molar-refractivity contribution in [2.45, 2.75) is 418 Å². The van der Waals surface area contributed by atoms with E-state index in [0.717, 1.165) is 51.4 Å². The van der Waals surface area contributed by atoms with Crippen LogP contribution >= 0.6 is 0 Å². The molecular weight excluding hydrogens is 971 g/mol. The lowest BCUT2D eigenvalue weighted by molar-refractivity contribution is -0.143. The van der Waals surface area contributed by atoms with Crippen LogP contribution in [-0.4, -0.2) is 47.4 Å². The van der Waals surface area contributed by atoms with Crippen molar-refractivity contribution in [1.29, 1.82) is 0 Å². The molecule has 0 aromatic rings. The maximum atomic E-state index is 12.5. The fourth-order valence-corrected chi connectivity index (χ4v) is 11.5. The quantitative estimate of drug-likeness (QED) is 0.0320. The van der Waals surface area contributed by atoms with Crippen LogP contribution in [0.4, 0.5) is 0 Å². The maximum absolute atomic E-state index is 12.5. The van der Waals surface area contributed by atoms with E-state index in [2.05, 4.69) is 43.5 Å². The lowest BCUT2D eigenvalue weighted by Gasteiger charge is -2.22. The zero-order valence-corrected chi connectivity index (χ0v) is 53.6. The minimum absolute atomic E-state index is 0.00959. The van der Waals surface area contributed by atoms with Gasteiger partial charge in [0, 0.05) is 12.8 Å². The molecule has 0 saturated heterocycles. The smallest absolute Gasteiger partial charge is 0.305 e. The van der Waals surface area contributed by atoms with E-state index in [4.69, 9.17) is 4.74 Å². The predicted octanol–water partition coefficient (Wildman–Crippen LogP) is 23.3. The van der Waals surface area contributed by atoms with Crippen molar-refractivity contribution in [1.82, 2.24) is 5.32 Å². The van der Waals surface area contributed by atoms with Crippen molar-refractivity contribution in [3.63, 3.8) is 0 Å². The summed E-state index contributed by atoms with van der Waals surface area (Å²) in [5.41, 5.74) is 0. The van der Waals surface area contributed by atoms with Gasteiger partial charge in [0.2, 0.25) is 5.91 Å². The number of rotatable bonds is 68. The first-order chi connectivity index (χ1) is 39.0. The summed E-state index contributed by atoms with van der Waals surface area (Å²) in [7, 11) is 0. The number of hydrogen-bond donors (Lipinski definition) is 3. The molecule has 3 N–H and O–H groups in total. The molecule has 6 heteroatoms. The second kappa shape index (κ2) is 68.8. The first kappa shape index (κ1) is 77.3. The molecular formula is C73H141NO5. The Balaban J connectivity index is 3.28. The van der Waals surface area contributed by atoms with Crippen molar-refractivity contribution in [2.24, 2.45) is 0 Å². The number of allylic oxidation sites excluding steroid dienone is 4. The summed E-state index contributed by atoms with van der Waals surface area (Å²) in [4.78, 5) is 24.5. The van der Waals surface area contributed by atoms with Crippen molar-refractivity contribution < 1.29 is 24.5 Å². The number of ether oxygens (including phenoxy) is 1. The fourth-order valence-electron chi connectivity index (χ4n) is 11.5. The Kier molecular flexibility index (Phi) is 67.4. The molecule has 2 atom stereocenters. The van der Waals surface area contributed by atoms with E-state index < -0.39 is 12.1 Å². The van der Waals surface area contributed by atoms with Gasteiger partial charge in [-0.3, -0.25) is 9.59 Å². The van der Waals surface area contributed by atoms with Crippen molar-refractivity contribution >= 4 is 11.9 Å². The van der Waals surface area contributed by atoms with Crippen LogP contribution in [0, 0.1) is 0 Å². The fraction of sp³-hybridized carbons (Fsp3) is 0.918. The van der Waals surface area contributed by atoms with Crippen LogP contribution in [0.25, 0.3) is 0 Å². The summed E-state index contributed by atoms with van der Waals surface area (Å²) in [6.45, 7) is 4.95. The Hall–Kier alpha value is -1.66. The van der Waals surface area contributed by atoms with Crippen LogP contribution in [0.15, 0.2) is 24.3 Å². The maximum Gasteiger partial charge on any atom is 0.305 e. The van der Waals surface area contributed by atoms with Gasteiger partial charge in [0.25, 0.3) is 0 Å². The average molecular weight is 1110 g/mol. The third-order valence-corrected chi connectivity index (χ3v) is 17.0. The van der Waals surface area contributed by atoms with Gasteiger partial charge in [-0.2, -0.15) is 0 Å². The summed E-state index contributed by atoms with van der Waals surface area (Å²) in [6, 6.07) is -0.535. The Morgan fingerprint density at radius 3 is 0.975 bits per heavy atom. The van der Waals surface area contributed by atoms with Crippen molar-refractivity contribution in [3.05, 3.63) is 24.3 Å². The van der Waals surface area contributed by atoms with E-state index in [1.807, 2.05) is 0 Å². The number of carbonyl (C=O) groups excluding carboxylic acids is 2. The number of carbonyl (C=O) groups is 2. The SMILES string of the molecule is CCCCCC/C=C\C/C=C\CCCCCCCC(=O)OCCCCCCCCCCCCCCCCCCCCCCCCCCCCCCCCCCCCCC(=O)NC(CO)C(O)CCCCCCCCCCCCC. The van der Waals surface area contributed by atoms with E-state index in [1.54, 1.807) is 0 Å². The monoisotopic (exact) mass is 1110 g/mol. The second-order valence-electron chi connectivity index (χ2n) is 24.9. The number of esters is 1. The van der Waals surface area contributed by atoms with E-state index in [0.29, 0.717) is 25.9 Å². The molecule has 468 valence electrons. The highest BCUT2D eigenvalue weighted by Gasteiger charge is 2.20. The average Bonchev–Trinajstić information content (AvgIpc) is 3.45. The van der Waals surface area contributed by atoms with Crippen LogP contribution in [0.1, 0.15) is 406 Å². The van der Waals surface area contributed by atoms with E-state index in [1.165, 1.54) is 321 Å². The Morgan fingerprint density at radius 1 is 0.354 bits per heavy atom. The molecule has 0 radical (unpaired) electrons. The second-order valence-corrected chi connectivity index (χ2v) is 24.9. The summed E-state index contributed by atoms with van der Waals surface area (Å²) in [5, 5.41) is 23.2. The minimum Gasteiger partial charge on any atom is -0.466 e. The molecule has 0 aliphatic rings. The molecule has 0 aromatic carbocycles. The Morgan fingerprint density at radius 2 is 0.633 bits per heavy atom. The van der Waals surface area contributed by atoms with Gasteiger partial charge < -0.3 is 20.3 Å². The van der Waals surface area contributed by atoms with Crippen LogP contribution in [0.2, 0.25) is 0 Å². The first-order valence-corrected chi connectivity index (χ1v) is 36.1. The van der Waals surface area contributed by atoms with Crippen LogP contribution in [0.3, 0.4) is 0 Å². The zero-order chi connectivity index (χ0) is 57.1. The lowest BCUT2D eigenvalue weighted by atomic mass is 10.0. The number of unbranched alkanes of at least 4 members (excludes halogenated alkanes) is 53. The van der Waals surface area contributed by atoms with Crippen LogP contribution < -0.4 is 5.32 Å². The molecule has 79 heavy (non-hydrogen) atoms. The van der Waals surface area contributed by atoms with Gasteiger partial charge in [0.05, 0.1) is 25.4 Å². The molecule has 0 heterocycles. The highest BCUT2D eigenvalue weighted by Crippen LogP contribution is 2.19. The first-order valence-electron chi connectivity index (χ1n) is 36.1. The van der Waals surface area contributed by atoms with Gasteiger partial charge in [0.1, 0.15) is 0 Å². The lowest BCUT2D eigenvalue weighted by Crippen LogP contribution is -2.45. The third kappa shape index (κ3) is 65.4. The van der Waals surface area contributed by atoms with E-state index in [-0.39, 0.29) is 18.5 Å². The molecule has 0 rings (SSSR count). The van der Waals surface area contributed by atoms with Gasteiger partial charge >= 0.3 is 5.97 Å². The molecule has 0 bridgehead atoms. The molecule has 0 aliphatic carbocycles. The number of amides is 1. The number of hydrogen-bond acceptors (Lipinski definition) is 5. The van der Waals surface area contributed by atoms with Gasteiger partial charge in [-0.15, -0.1) is 0 Å². The van der Waals surface area contributed by atoms with Crippen molar-refractivity contribution in [2.75, 3.05) is 13.2 Å². The van der Waals surface area contributed by atoms with Crippen LogP contribution in [0.5, 0.6) is 0 Å². The largest absolute Gasteiger partial charge is 0.466 e.